The zero-order valence-electron chi connectivity index (χ0n) is 14.4. The maximum absolute atomic E-state index is 11.5. The van der Waals surface area contributed by atoms with Crippen LogP contribution in [0.15, 0.2) is 12.1 Å². The second kappa shape index (κ2) is 9.14. The summed E-state index contributed by atoms with van der Waals surface area (Å²) in [6.45, 7) is 6.37. The van der Waals surface area contributed by atoms with Crippen LogP contribution in [0.5, 0.6) is 11.5 Å². The zero-order chi connectivity index (χ0) is 17.5. The smallest absolute Gasteiger partial charge is 0.320 e. The van der Waals surface area contributed by atoms with E-state index in [-0.39, 0.29) is 0 Å². The highest BCUT2D eigenvalue weighted by Gasteiger charge is 2.28. The van der Waals surface area contributed by atoms with E-state index in [1.807, 2.05) is 30.9 Å². The maximum atomic E-state index is 11.5. The molecular weight excluding hydrogens is 330 g/mol. The van der Waals surface area contributed by atoms with Crippen molar-refractivity contribution in [3.05, 3.63) is 22.7 Å². The second-order valence-corrected chi connectivity index (χ2v) is 6.41. The summed E-state index contributed by atoms with van der Waals surface area (Å²) in [7, 11) is 0. The number of likely N-dealkylation sites (tertiary alicyclic amines) is 1. The zero-order valence-corrected chi connectivity index (χ0v) is 15.1. The lowest BCUT2D eigenvalue weighted by molar-refractivity contribution is -0.144. The molecule has 1 aliphatic rings. The van der Waals surface area contributed by atoms with Gasteiger partial charge in [-0.3, -0.25) is 9.69 Å². The van der Waals surface area contributed by atoms with Gasteiger partial charge in [-0.25, -0.2) is 0 Å². The summed E-state index contributed by atoms with van der Waals surface area (Å²) in [5, 5.41) is 9.92. The molecule has 24 heavy (non-hydrogen) atoms. The lowest BCUT2D eigenvalue weighted by atomic mass is 10.0. The van der Waals surface area contributed by atoms with Crippen molar-refractivity contribution >= 4 is 17.6 Å². The topological polar surface area (TPSA) is 59.0 Å². The highest BCUT2D eigenvalue weighted by molar-refractivity contribution is 6.32. The minimum atomic E-state index is -0.756. The molecule has 1 saturated heterocycles. The summed E-state index contributed by atoms with van der Waals surface area (Å²) < 4.78 is 11.4. The number of aliphatic carboxylic acids is 1. The molecular formula is C18H26ClNO4. The van der Waals surface area contributed by atoms with E-state index in [9.17, 15) is 9.90 Å². The fourth-order valence-corrected chi connectivity index (χ4v) is 3.30. The van der Waals surface area contributed by atoms with Crippen molar-refractivity contribution in [2.24, 2.45) is 0 Å². The van der Waals surface area contributed by atoms with Crippen LogP contribution in [0.2, 0.25) is 5.02 Å². The molecule has 2 rings (SSSR count). The molecule has 5 nitrogen and oxygen atoms in total. The number of carbonyl (C=O) groups is 1. The van der Waals surface area contributed by atoms with Crippen molar-refractivity contribution < 1.29 is 19.4 Å². The van der Waals surface area contributed by atoms with Crippen LogP contribution in [0.4, 0.5) is 0 Å². The monoisotopic (exact) mass is 355 g/mol. The fraction of sp³-hybridized carbons (Fsp3) is 0.611. The highest BCUT2D eigenvalue weighted by atomic mass is 35.5. The lowest BCUT2D eigenvalue weighted by Crippen LogP contribution is -2.44. The molecule has 1 aromatic carbocycles. The number of hydrogen-bond acceptors (Lipinski definition) is 4. The molecule has 1 aromatic rings. The van der Waals surface area contributed by atoms with Gasteiger partial charge in [0.2, 0.25) is 0 Å². The molecule has 0 aromatic heterocycles. The largest absolute Gasteiger partial charge is 0.490 e. The van der Waals surface area contributed by atoms with Gasteiger partial charge in [-0.05, 0) is 50.4 Å². The van der Waals surface area contributed by atoms with Gasteiger partial charge >= 0.3 is 5.97 Å². The van der Waals surface area contributed by atoms with Gasteiger partial charge in [-0.15, -0.1) is 0 Å². The van der Waals surface area contributed by atoms with Crippen LogP contribution in [0.3, 0.4) is 0 Å². The number of nitrogens with zero attached hydrogens (tertiary/aromatic N) is 1. The van der Waals surface area contributed by atoms with Gasteiger partial charge in [-0.2, -0.15) is 0 Å². The average Bonchev–Trinajstić information content (AvgIpc) is 2.55. The van der Waals surface area contributed by atoms with Crippen LogP contribution in [0.1, 0.15) is 45.1 Å². The number of carboxylic acids is 1. The van der Waals surface area contributed by atoms with Crippen LogP contribution in [-0.2, 0) is 11.3 Å². The van der Waals surface area contributed by atoms with Crippen molar-refractivity contribution in [2.75, 3.05) is 19.8 Å². The molecule has 0 radical (unpaired) electrons. The van der Waals surface area contributed by atoms with E-state index in [0.717, 1.165) is 31.4 Å². The molecule has 0 amide bonds. The first-order valence-corrected chi connectivity index (χ1v) is 8.99. The normalized spacial score (nSPS) is 18.4. The molecule has 0 bridgehead atoms. The van der Waals surface area contributed by atoms with Crippen molar-refractivity contribution in [3.63, 3.8) is 0 Å². The minimum absolute atomic E-state index is 0.427. The Labute approximate surface area is 148 Å². The van der Waals surface area contributed by atoms with E-state index in [4.69, 9.17) is 21.1 Å². The molecule has 1 unspecified atom stereocenters. The summed E-state index contributed by atoms with van der Waals surface area (Å²) in [4.78, 5) is 13.5. The van der Waals surface area contributed by atoms with E-state index in [2.05, 4.69) is 0 Å². The number of benzene rings is 1. The molecule has 6 heteroatoms. The number of ether oxygens (including phenoxy) is 2. The van der Waals surface area contributed by atoms with Crippen LogP contribution < -0.4 is 9.47 Å². The third kappa shape index (κ3) is 4.77. The van der Waals surface area contributed by atoms with Crippen molar-refractivity contribution in [2.45, 2.75) is 52.1 Å². The Morgan fingerprint density at radius 3 is 2.79 bits per heavy atom. The Bertz CT molecular complexity index is 564. The predicted molar refractivity (Wildman–Crippen MR) is 94.1 cm³/mol. The maximum Gasteiger partial charge on any atom is 0.320 e. The van der Waals surface area contributed by atoms with Gasteiger partial charge in [0.25, 0.3) is 0 Å². The molecule has 1 heterocycles. The first-order valence-electron chi connectivity index (χ1n) is 8.61. The Hall–Kier alpha value is -1.46. The second-order valence-electron chi connectivity index (χ2n) is 6.01. The van der Waals surface area contributed by atoms with Crippen LogP contribution >= 0.6 is 11.6 Å². The van der Waals surface area contributed by atoms with Crippen LogP contribution in [0, 0.1) is 0 Å². The summed E-state index contributed by atoms with van der Waals surface area (Å²) in [5.41, 5.74) is 0.945. The highest BCUT2D eigenvalue weighted by Crippen LogP contribution is 2.37. The molecule has 1 atom stereocenters. The summed E-state index contributed by atoms with van der Waals surface area (Å²) in [6, 6.07) is 3.33. The van der Waals surface area contributed by atoms with E-state index < -0.39 is 12.0 Å². The molecule has 1 fully saturated rings. The number of piperidine rings is 1. The fourth-order valence-electron chi connectivity index (χ4n) is 3.01. The van der Waals surface area contributed by atoms with Crippen LogP contribution in [0.25, 0.3) is 0 Å². The Morgan fingerprint density at radius 1 is 1.33 bits per heavy atom. The quantitative estimate of drug-likeness (QED) is 0.764. The third-order valence-corrected chi connectivity index (χ3v) is 4.38. The lowest BCUT2D eigenvalue weighted by Gasteiger charge is -2.33. The van der Waals surface area contributed by atoms with Gasteiger partial charge in [0.05, 0.1) is 18.2 Å². The van der Waals surface area contributed by atoms with E-state index in [1.165, 1.54) is 0 Å². The van der Waals surface area contributed by atoms with E-state index in [0.29, 0.717) is 42.7 Å². The predicted octanol–water partition coefficient (Wildman–Crippen LogP) is 3.97. The molecule has 0 aliphatic carbocycles. The van der Waals surface area contributed by atoms with E-state index >= 15 is 0 Å². The number of halogens is 1. The SMILES string of the molecule is CCCOc1c(Cl)cc(CN2CCCCC2C(=O)O)cc1OCC. The summed E-state index contributed by atoms with van der Waals surface area (Å²) >= 11 is 6.38. The minimum Gasteiger partial charge on any atom is -0.490 e. The van der Waals surface area contributed by atoms with Gasteiger partial charge in [0.1, 0.15) is 6.04 Å². The van der Waals surface area contributed by atoms with Gasteiger partial charge in [0, 0.05) is 6.54 Å². The van der Waals surface area contributed by atoms with Gasteiger partial charge < -0.3 is 14.6 Å². The molecule has 134 valence electrons. The molecule has 1 aliphatic heterocycles. The van der Waals surface area contributed by atoms with Gasteiger partial charge in [-0.1, -0.05) is 24.9 Å². The van der Waals surface area contributed by atoms with Gasteiger partial charge in [0.15, 0.2) is 11.5 Å². The summed E-state index contributed by atoms with van der Waals surface area (Å²) in [6.07, 6.45) is 3.56. The Morgan fingerprint density at radius 2 is 2.12 bits per heavy atom. The van der Waals surface area contributed by atoms with E-state index in [1.54, 1.807) is 0 Å². The van der Waals surface area contributed by atoms with Crippen LogP contribution in [-0.4, -0.2) is 41.8 Å². The Kier molecular flexibility index (Phi) is 7.18. The van der Waals surface area contributed by atoms with Crippen molar-refractivity contribution in [3.8, 4) is 11.5 Å². The molecule has 0 spiro atoms. The van der Waals surface area contributed by atoms with Crippen molar-refractivity contribution in [1.82, 2.24) is 4.90 Å². The average molecular weight is 356 g/mol. The Balaban J connectivity index is 2.21. The molecule has 0 saturated carbocycles. The number of carboxylic acid groups (broad SMARTS) is 1. The third-order valence-electron chi connectivity index (χ3n) is 4.10. The standard InChI is InChI=1S/C18H26ClNO4/c1-3-9-24-17-14(19)10-13(11-16(17)23-4-2)12-20-8-6-5-7-15(20)18(21)22/h10-11,15H,3-9,12H2,1-2H3,(H,21,22). The number of hydrogen-bond donors (Lipinski definition) is 1. The first-order chi connectivity index (χ1) is 11.6. The first kappa shape index (κ1) is 18.9. The summed E-state index contributed by atoms with van der Waals surface area (Å²) in [5.74, 6) is 0.434. The molecule has 1 N–H and O–H groups in total. The number of rotatable bonds is 8. The van der Waals surface area contributed by atoms with Crippen molar-refractivity contribution in [1.29, 1.82) is 0 Å².